The zero-order valence-corrected chi connectivity index (χ0v) is 17.5. The van der Waals surface area contributed by atoms with Gasteiger partial charge in [0.25, 0.3) is 0 Å². The van der Waals surface area contributed by atoms with E-state index in [1.807, 2.05) is 23.2 Å². The summed E-state index contributed by atoms with van der Waals surface area (Å²) < 4.78 is 0. The molecule has 3 rings (SSSR count). The van der Waals surface area contributed by atoms with Crippen LogP contribution in [0.3, 0.4) is 0 Å². The Bertz CT molecular complexity index is 676. The Morgan fingerprint density at radius 2 is 2.03 bits per heavy atom. The molecular weight excluding hydrogens is 368 g/mol. The number of nitrogens with zero attached hydrogens (tertiary/aromatic N) is 3. The molecule has 0 aliphatic carbocycles. The fraction of sp³-hybridized carbons (Fsp3) is 0.682. The maximum Gasteiger partial charge on any atom is 0.222 e. The third kappa shape index (κ3) is 6.78. The maximum absolute atomic E-state index is 12.6. The fourth-order valence-corrected chi connectivity index (χ4v) is 4.48. The number of hydrogen-bond donors (Lipinski definition) is 2. The van der Waals surface area contributed by atoms with Crippen molar-refractivity contribution >= 4 is 11.8 Å². The van der Waals surface area contributed by atoms with Crippen molar-refractivity contribution in [1.29, 1.82) is 0 Å². The van der Waals surface area contributed by atoms with Gasteiger partial charge in [-0.05, 0) is 50.2 Å². The van der Waals surface area contributed by atoms with Crippen LogP contribution in [0.1, 0.15) is 51.0 Å². The summed E-state index contributed by atoms with van der Waals surface area (Å²) in [6.45, 7) is 5.33. The summed E-state index contributed by atoms with van der Waals surface area (Å²) in [5.74, 6) is 0.188. The molecule has 0 spiro atoms. The molecule has 2 amide bonds. The Balaban J connectivity index is 1.43. The zero-order chi connectivity index (χ0) is 20.7. The molecule has 2 fully saturated rings. The molecule has 1 unspecified atom stereocenters. The van der Waals surface area contributed by atoms with E-state index >= 15 is 0 Å². The molecule has 3 heterocycles. The Labute approximate surface area is 173 Å². The minimum atomic E-state index is -0.737. The smallest absolute Gasteiger partial charge is 0.222 e. The van der Waals surface area contributed by atoms with Crippen LogP contribution in [-0.4, -0.2) is 76.1 Å². The van der Waals surface area contributed by atoms with Gasteiger partial charge in [-0.15, -0.1) is 0 Å². The van der Waals surface area contributed by atoms with Crippen molar-refractivity contribution in [2.24, 2.45) is 0 Å². The largest absolute Gasteiger partial charge is 0.388 e. The van der Waals surface area contributed by atoms with E-state index < -0.39 is 5.60 Å². The van der Waals surface area contributed by atoms with Crippen LogP contribution >= 0.6 is 0 Å². The molecule has 2 N–H and O–H groups in total. The van der Waals surface area contributed by atoms with E-state index in [4.69, 9.17) is 0 Å². The van der Waals surface area contributed by atoms with Crippen molar-refractivity contribution in [1.82, 2.24) is 20.1 Å². The van der Waals surface area contributed by atoms with Crippen molar-refractivity contribution in [2.75, 3.05) is 32.7 Å². The Morgan fingerprint density at radius 3 is 2.72 bits per heavy atom. The van der Waals surface area contributed by atoms with Crippen LogP contribution in [0, 0.1) is 0 Å². The molecule has 7 heteroatoms. The first-order valence-corrected chi connectivity index (χ1v) is 10.8. The van der Waals surface area contributed by atoms with Gasteiger partial charge in [-0.3, -0.25) is 14.6 Å². The van der Waals surface area contributed by atoms with E-state index in [1.165, 1.54) is 0 Å². The molecule has 29 heavy (non-hydrogen) atoms. The van der Waals surface area contributed by atoms with Crippen LogP contribution in [0.4, 0.5) is 0 Å². The highest BCUT2D eigenvalue weighted by Crippen LogP contribution is 2.25. The molecule has 7 nitrogen and oxygen atoms in total. The van der Waals surface area contributed by atoms with Gasteiger partial charge in [-0.2, -0.15) is 0 Å². The third-order valence-electron chi connectivity index (χ3n) is 6.13. The van der Waals surface area contributed by atoms with E-state index in [2.05, 4.69) is 15.2 Å². The molecule has 2 aliphatic heterocycles. The summed E-state index contributed by atoms with van der Waals surface area (Å²) in [4.78, 5) is 32.2. The van der Waals surface area contributed by atoms with Crippen molar-refractivity contribution < 1.29 is 14.7 Å². The van der Waals surface area contributed by atoms with Crippen molar-refractivity contribution in [3.05, 3.63) is 30.1 Å². The molecule has 0 aromatic carbocycles. The number of rotatable bonds is 6. The lowest BCUT2D eigenvalue weighted by Crippen LogP contribution is -2.50. The van der Waals surface area contributed by atoms with E-state index in [9.17, 15) is 14.7 Å². The van der Waals surface area contributed by atoms with Crippen LogP contribution in [0.5, 0.6) is 0 Å². The lowest BCUT2D eigenvalue weighted by molar-refractivity contribution is -0.131. The van der Waals surface area contributed by atoms with Gasteiger partial charge in [-0.25, -0.2) is 0 Å². The van der Waals surface area contributed by atoms with E-state index in [0.29, 0.717) is 32.4 Å². The van der Waals surface area contributed by atoms with Crippen LogP contribution in [0.15, 0.2) is 24.5 Å². The lowest BCUT2D eigenvalue weighted by atomic mass is 9.93. The molecule has 1 aromatic rings. The van der Waals surface area contributed by atoms with Crippen LogP contribution in [0.2, 0.25) is 0 Å². The molecular formula is C22H34N4O3. The summed E-state index contributed by atoms with van der Waals surface area (Å²) in [6, 6.07) is 4.14. The van der Waals surface area contributed by atoms with E-state index in [-0.39, 0.29) is 17.9 Å². The zero-order valence-electron chi connectivity index (χ0n) is 17.5. The first kappa shape index (κ1) is 21.7. The number of β-amino-alcohol motifs (C(OH)–C–C–N with tert-alkyl or cyclic N) is 1. The van der Waals surface area contributed by atoms with Crippen LogP contribution in [0.25, 0.3) is 0 Å². The molecule has 160 valence electrons. The number of carbonyl (C=O) groups is 2. The number of carbonyl (C=O) groups excluding carboxylic acids is 2. The summed E-state index contributed by atoms with van der Waals surface area (Å²) >= 11 is 0. The second-order valence-corrected chi connectivity index (χ2v) is 8.57. The minimum Gasteiger partial charge on any atom is -0.388 e. The second-order valence-electron chi connectivity index (χ2n) is 8.57. The third-order valence-corrected chi connectivity index (χ3v) is 6.13. The quantitative estimate of drug-likeness (QED) is 0.750. The SMILES string of the molecule is CC(=O)NC1CCN(CC2(O)CCCN(C(=O)CCc3cccnc3)CC2)CC1. The highest BCUT2D eigenvalue weighted by molar-refractivity contribution is 5.76. The first-order valence-electron chi connectivity index (χ1n) is 10.8. The molecule has 2 aliphatic rings. The molecule has 1 aromatic heterocycles. The van der Waals surface area contributed by atoms with Gasteiger partial charge in [0, 0.05) is 64.5 Å². The molecule has 1 atom stereocenters. The monoisotopic (exact) mass is 402 g/mol. The van der Waals surface area contributed by atoms with E-state index in [1.54, 1.807) is 13.1 Å². The minimum absolute atomic E-state index is 0.0270. The number of piperidine rings is 1. The van der Waals surface area contributed by atoms with Crippen LogP contribution in [-0.2, 0) is 16.0 Å². The molecule has 0 bridgehead atoms. The van der Waals surface area contributed by atoms with Gasteiger partial charge in [0.05, 0.1) is 5.60 Å². The Hall–Kier alpha value is -1.99. The van der Waals surface area contributed by atoms with Gasteiger partial charge >= 0.3 is 0 Å². The average molecular weight is 403 g/mol. The number of nitrogens with one attached hydrogen (secondary N) is 1. The number of pyridine rings is 1. The Morgan fingerprint density at radius 1 is 1.24 bits per heavy atom. The van der Waals surface area contributed by atoms with Crippen molar-refractivity contribution in [3.8, 4) is 0 Å². The lowest BCUT2D eigenvalue weighted by Gasteiger charge is -2.38. The molecule has 0 saturated carbocycles. The van der Waals surface area contributed by atoms with Crippen molar-refractivity contribution in [3.63, 3.8) is 0 Å². The van der Waals surface area contributed by atoms with E-state index in [0.717, 1.165) is 50.9 Å². The van der Waals surface area contributed by atoms with Gasteiger partial charge in [-0.1, -0.05) is 6.07 Å². The topological polar surface area (TPSA) is 85.8 Å². The number of aryl methyl sites for hydroxylation is 1. The summed E-state index contributed by atoms with van der Waals surface area (Å²) in [7, 11) is 0. The summed E-state index contributed by atoms with van der Waals surface area (Å²) in [5, 5.41) is 14.2. The van der Waals surface area contributed by atoms with Gasteiger partial charge in [0.2, 0.25) is 11.8 Å². The number of aliphatic hydroxyl groups is 1. The normalized spacial score (nSPS) is 24.1. The van der Waals surface area contributed by atoms with Gasteiger partial charge in [0.15, 0.2) is 0 Å². The van der Waals surface area contributed by atoms with Crippen molar-refractivity contribution in [2.45, 2.75) is 63.5 Å². The second kappa shape index (κ2) is 10.2. The maximum atomic E-state index is 12.6. The van der Waals surface area contributed by atoms with Gasteiger partial charge in [0.1, 0.15) is 0 Å². The number of amides is 2. The number of aromatic nitrogens is 1. The highest BCUT2D eigenvalue weighted by atomic mass is 16.3. The number of hydrogen-bond acceptors (Lipinski definition) is 5. The predicted molar refractivity (Wildman–Crippen MR) is 111 cm³/mol. The first-order chi connectivity index (χ1) is 13.9. The fourth-order valence-electron chi connectivity index (χ4n) is 4.48. The molecule has 2 saturated heterocycles. The number of likely N-dealkylation sites (tertiary alicyclic amines) is 2. The van der Waals surface area contributed by atoms with Gasteiger partial charge < -0.3 is 20.2 Å². The average Bonchev–Trinajstić information content (AvgIpc) is 2.90. The highest BCUT2D eigenvalue weighted by Gasteiger charge is 2.34. The Kier molecular flexibility index (Phi) is 7.61. The predicted octanol–water partition coefficient (Wildman–Crippen LogP) is 1.36. The molecule has 0 radical (unpaired) electrons. The van der Waals surface area contributed by atoms with Crippen LogP contribution < -0.4 is 5.32 Å². The standard InChI is InChI=1S/C22H34N4O3/c1-18(27)24-20-7-13-25(14-8-20)17-22(29)9-3-12-26(15-10-22)21(28)6-5-19-4-2-11-23-16-19/h2,4,11,16,20,29H,3,5-10,12-15,17H2,1H3,(H,24,27). The summed E-state index contributed by atoms with van der Waals surface area (Å²) in [5.41, 5.74) is 0.342. The summed E-state index contributed by atoms with van der Waals surface area (Å²) in [6.07, 6.45) is 8.77.